The molecular formula is C13H18BrNO2S. The molecular weight excluding hydrogens is 314 g/mol. The van der Waals surface area contributed by atoms with Gasteiger partial charge >= 0.3 is 0 Å². The predicted molar refractivity (Wildman–Crippen MR) is 78.6 cm³/mol. The maximum Gasteiger partial charge on any atom is 0.253 e. The molecule has 1 aromatic carbocycles. The molecule has 0 spiro atoms. The number of hydroxylamine groups is 1. The fourth-order valence-corrected chi connectivity index (χ4v) is 2.43. The van der Waals surface area contributed by atoms with Gasteiger partial charge in [-0.05, 0) is 51.5 Å². The lowest BCUT2D eigenvalue weighted by atomic mass is 10.2. The maximum absolute atomic E-state index is 11.6. The molecule has 0 atom stereocenters. The Hall–Kier alpha value is -0.520. The normalized spacial score (nSPS) is 11.4. The molecule has 0 saturated heterocycles. The van der Waals surface area contributed by atoms with Crippen LogP contribution in [0.25, 0.3) is 0 Å². The van der Waals surface area contributed by atoms with Gasteiger partial charge in [0.2, 0.25) is 0 Å². The van der Waals surface area contributed by atoms with Crippen molar-refractivity contribution in [1.82, 2.24) is 5.48 Å². The zero-order valence-electron chi connectivity index (χ0n) is 11.0. The highest BCUT2D eigenvalue weighted by molar-refractivity contribution is 9.10. The van der Waals surface area contributed by atoms with E-state index in [1.165, 1.54) is 11.8 Å². The molecule has 0 aliphatic carbocycles. The molecule has 0 aliphatic heterocycles. The van der Waals surface area contributed by atoms with Gasteiger partial charge in [-0.1, -0.05) is 15.9 Å². The molecule has 0 bridgehead atoms. The number of carbonyl (C=O) groups excluding carboxylic acids is 1. The van der Waals surface area contributed by atoms with Crippen LogP contribution in [0.3, 0.4) is 0 Å². The molecule has 0 radical (unpaired) electrons. The fourth-order valence-electron chi connectivity index (χ4n) is 1.16. The van der Waals surface area contributed by atoms with Gasteiger partial charge in [-0.25, -0.2) is 5.48 Å². The quantitative estimate of drug-likeness (QED) is 0.675. The number of hydrogen-bond donors (Lipinski definition) is 1. The van der Waals surface area contributed by atoms with Crippen molar-refractivity contribution in [2.45, 2.75) is 38.2 Å². The first-order chi connectivity index (χ1) is 8.28. The molecule has 0 fully saturated rings. The second-order valence-corrected chi connectivity index (χ2v) is 6.87. The van der Waals surface area contributed by atoms with E-state index >= 15 is 0 Å². The topological polar surface area (TPSA) is 38.3 Å². The van der Waals surface area contributed by atoms with Crippen molar-refractivity contribution < 1.29 is 9.63 Å². The summed E-state index contributed by atoms with van der Waals surface area (Å²) in [7, 11) is 0. The summed E-state index contributed by atoms with van der Waals surface area (Å²) in [6.07, 6.45) is 0. The van der Waals surface area contributed by atoms with E-state index in [1.54, 1.807) is 0 Å². The van der Waals surface area contributed by atoms with Crippen LogP contribution >= 0.6 is 27.7 Å². The summed E-state index contributed by atoms with van der Waals surface area (Å²) in [6.45, 7) is 7.69. The number of carbonyl (C=O) groups is 1. The molecule has 100 valence electrons. The number of hydrogen-bond acceptors (Lipinski definition) is 3. The summed E-state index contributed by atoms with van der Waals surface area (Å²) in [4.78, 5) is 17.9. The van der Waals surface area contributed by atoms with Crippen molar-refractivity contribution in [1.29, 1.82) is 0 Å². The predicted octanol–water partition coefficient (Wildman–Crippen LogP) is 3.70. The molecule has 1 amide bonds. The minimum Gasteiger partial charge on any atom is -0.272 e. The zero-order valence-corrected chi connectivity index (χ0v) is 13.4. The summed E-state index contributed by atoms with van der Waals surface area (Å²) in [5, 5.41) is 0. The van der Waals surface area contributed by atoms with E-state index in [0.29, 0.717) is 5.75 Å². The standard InChI is InChI=1S/C13H18BrNO2S/c1-9-7-10(14)5-6-11(9)18-8-12(16)15-17-13(2,3)4/h5-7H,8H2,1-4H3,(H,15,16). The highest BCUT2D eigenvalue weighted by Crippen LogP contribution is 2.25. The summed E-state index contributed by atoms with van der Waals surface area (Å²) in [6, 6.07) is 6.01. The van der Waals surface area contributed by atoms with Gasteiger partial charge < -0.3 is 0 Å². The van der Waals surface area contributed by atoms with E-state index in [2.05, 4.69) is 21.4 Å². The first kappa shape index (κ1) is 15.5. The summed E-state index contributed by atoms with van der Waals surface area (Å²) in [5.74, 6) is 0.218. The minimum atomic E-state index is -0.367. The van der Waals surface area contributed by atoms with E-state index in [-0.39, 0.29) is 11.5 Å². The van der Waals surface area contributed by atoms with Crippen molar-refractivity contribution >= 4 is 33.6 Å². The first-order valence-electron chi connectivity index (χ1n) is 5.64. The van der Waals surface area contributed by atoms with Crippen molar-refractivity contribution in [2.24, 2.45) is 0 Å². The molecule has 0 saturated carbocycles. The Kier molecular flexibility index (Phi) is 5.69. The molecule has 18 heavy (non-hydrogen) atoms. The lowest BCUT2D eigenvalue weighted by molar-refractivity contribution is -0.142. The van der Waals surface area contributed by atoms with Crippen molar-refractivity contribution in [3.8, 4) is 0 Å². The van der Waals surface area contributed by atoms with Gasteiger partial charge in [-0.2, -0.15) is 0 Å². The second-order valence-electron chi connectivity index (χ2n) is 4.94. The molecule has 1 rings (SSSR count). The van der Waals surface area contributed by atoms with Crippen LogP contribution in [0.1, 0.15) is 26.3 Å². The van der Waals surface area contributed by atoms with Crippen LogP contribution in [0, 0.1) is 6.92 Å². The molecule has 5 heteroatoms. The molecule has 0 aliphatic rings. The average molecular weight is 332 g/mol. The minimum absolute atomic E-state index is 0.128. The number of rotatable bonds is 4. The molecule has 0 unspecified atom stereocenters. The number of thioether (sulfide) groups is 1. The summed E-state index contributed by atoms with van der Waals surface area (Å²) in [5.41, 5.74) is 3.24. The Balaban J connectivity index is 2.43. The van der Waals surface area contributed by atoms with Crippen molar-refractivity contribution in [3.63, 3.8) is 0 Å². The molecule has 0 heterocycles. The van der Waals surface area contributed by atoms with Gasteiger partial charge in [0.1, 0.15) is 0 Å². The van der Waals surface area contributed by atoms with Gasteiger partial charge in [-0.15, -0.1) is 11.8 Å². The highest BCUT2D eigenvalue weighted by atomic mass is 79.9. The molecule has 0 aromatic heterocycles. The van der Waals surface area contributed by atoms with Gasteiger partial charge in [0.25, 0.3) is 5.91 Å². The number of benzene rings is 1. The van der Waals surface area contributed by atoms with Crippen LogP contribution in [-0.2, 0) is 9.63 Å². The third-order valence-electron chi connectivity index (χ3n) is 1.97. The largest absolute Gasteiger partial charge is 0.272 e. The Labute approximate surface area is 121 Å². The summed E-state index contributed by atoms with van der Waals surface area (Å²) >= 11 is 4.92. The van der Waals surface area contributed by atoms with E-state index in [0.717, 1.165) is 14.9 Å². The summed E-state index contributed by atoms with van der Waals surface area (Å²) < 4.78 is 1.05. The van der Waals surface area contributed by atoms with Gasteiger partial charge in [0.15, 0.2) is 0 Å². The molecule has 1 N–H and O–H groups in total. The van der Waals surface area contributed by atoms with Gasteiger partial charge in [-0.3, -0.25) is 9.63 Å². The monoisotopic (exact) mass is 331 g/mol. The fraction of sp³-hybridized carbons (Fsp3) is 0.462. The van der Waals surface area contributed by atoms with Crippen LogP contribution in [0.2, 0.25) is 0 Å². The number of nitrogens with one attached hydrogen (secondary N) is 1. The maximum atomic E-state index is 11.6. The third kappa shape index (κ3) is 5.89. The zero-order chi connectivity index (χ0) is 13.8. The van der Waals surface area contributed by atoms with Gasteiger partial charge in [0.05, 0.1) is 11.4 Å². The van der Waals surface area contributed by atoms with E-state index in [9.17, 15) is 4.79 Å². The number of halogens is 1. The second kappa shape index (κ2) is 6.59. The van der Waals surface area contributed by atoms with Crippen LogP contribution in [0.4, 0.5) is 0 Å². The molecule has 1 aromatic rings. The SMILES string of the molecule is Cc1cc(Br)ccc1SCC(=O)NOC(C)(C)C. The van der Waals surface area contributed by atoms with Crippen molar-refractivity contribution in [3.05, 3.63) is 28.2 Å². The Morgan fingerprint density at radius 3 is 2.67 bits per heavy atom. The number of amides is 1. The highest BCUT2D eigenvalue weighted by Gasteiger charge is 2.13. The van der Waals surface area contributed by atoms with Crippen LogP contribution in [0.15, 0.2) is 27.6 Å². The smallest absolute Gasteiger partial charge is 0.253 e. The lowest BCUT2D eigenvalue weighted by Gasteiger charge is -2.18. The van der Waals surface area contributed by atoms with Crippen LogP contribution in [0.5, 0.6) is 0 Å². The Morgan fingerprint density at radius 2 is 2.11 bits per heavy atom. The Morgan fingerprint density at radius 1 is 1.44 bits per heavy atom. The molecule has 3 nitrogen and oxygen atoms in total. The van der Waals surface area contributed by atoms with Crippen LogP contribution in [-0.4, -0.2) is 17.3 Å². The lowest BCUT2D eigenvalue weighted by Crippen LogP contribution is -2.34. The first-order valence-corrected chi connectivity index (χ1v) is 7.41. The average Bonchev–Trinajstić information content (AvgIpc) is 2.24. The number of aryl methyl sites for hydroxylation is 1. The van der Waals surface area contributed by atoms with E-state index in [1.807, 2.05) is 45.9 Å². The van der Waals surface area contributed by atoms with Gasteiger partial charge in [0, 0.05) is 9.37 Å². The van der Waals surface area contributed by atoms with Crippen LogP contribution < -0.4 is 5.48 Å². The van der Waals surface area contributed by atoms with E-state index in [4.69, 9.17) is 4.84 Å². The third-order valence-corrected chi connectivity index (χ3v) is 3.64. The Bertz CT molecular complexity index is 429. The van der Waals surface area contributed by atoms with E-state index < -0.39 is 0 Å². The van der Waals surface area contributed by atoms with Crippen molar-refractivity contribution in [2.75, 3.05) is 5.75 Å².